The molecule has 2 rings (SSSR count). The second-order valence-electron chi connectivity index (χ2n) is 3.14. The topological polar surface area (TPSA) is 95.8 Å². The highest BCUT2D eigenvalue weighted by molar-refractivity contribution is 8.14. The molecular weight excluding hydrogens is 206 g/mol. The summed E-state index contributed by atoms with van der Waals surface area (Å²) in [6.45, 7) is 0.563. The number of hydrogen-bond donors (Lipinski definition) is 2. The van der Waals surface area contributed by atoms with Crippen molar-refractivity contribution in [2.45, 2.75) is 12.1 Å². The van der Waals surface area contributed by atoms with Crippen molar-refractivity contribution in [3.8, 4) is 0 Å². The molecule has 2 aliphatic rings. The molecule has 2 atom stereocenters. The summed E-state index contributed by atoms with van der Waals surface area (Å²) in [5.74, 6) is -0.466. The average Bonchev–Trinajstić information content (AvgIpc) is 2.76. The summed E-state index contributed by atoms with van der Waals surface area (Å²) >= 11 is 1.39. The summed E-state index contributed by atoms with van der Waals surface area (Å²) in [6.07, 6.45) is 0. The number of amides is 2. The summed E-state index contributed by atoms with van der Waals surface area (Å²) in [4.78, 5) is 26.8. The number of carboxylic acid groups (broad SMARTS) is 1. The monoisotopic (exact) mass is 215 g/mol. The Bertz CT molecular complexity index is 330. The van der Waals surface area contributed by atoms with Gasteiger partial charge in [-0.3, -0.25) is 4.99 Å². The molecule has 0 aromatic carbocycles. The van der Waals surface area contributed by atoms with Gasteiger partial charge in [0.15, 0.2) is 6.04 Å². The Balaban J connectivity index is 1.99. The van der Waals surface area contributed by atoms with E-state index in [9.17, 15) is 9.59 Å². The minimum atomic E-state index is -0.918. The number of carbonyl (C=O) groups excluding carboxylic acids is 1. The van der Waals surface area contributed by atoms with Gasteiger partial charge in [0.2, 0.25) is 0 Å². The number of rotatable bonds is 2. The Labute approximate surface area is 84.2 Å². The van der Waals surface area contributed by atoms with Gasteiger partial charge in [-0.1, -0.05) is 0 Å². The van der Waals surface area contributed by atoms with Gasteiger partial charge >= 0.3 is 12.0 Å². The van der Waals surface area contributed by atoms with Crippen LogP contribution in [0.2, 0.25) is 0 Å². The normalized spacial score (nSPS) is 30.0. The maximum absolute atomic E-state index is 10.7. The summed E-state index contributed by atoms with van der Waals surface area (Å²) in [5.41, 5.74) is 5.06. The number of nitrogens with two attached hydrogens (primary N) is 1. The lowest BCUT2D eigenvalue weighted by Crippen LogP contribution is -2.23. The molecule has 0 bridgehead atoms. The molecule has 0 aliphatic carbocycles. The first-order valence-electron chi connectivity index (χ1n) is 4.09. The molecule has 0 radical (unpaired) electrons. The van der Waals surface area contributed by atoms with Crippen molar-refractivity contribution in [1.29, 1.82) is 0 Å². The molecule has 0 aromatic heterocycles. The van der Waals surface area contributed by atoms with E-state index in [-0.39, 0.29) is 6.04 Å². The summed E-state index contributed by atoms with van der Waals surface area (Å²) in [7, 11) is 0. The molecule has 6 nitrogen and oxygen atoms in total. The van der Waals surface area contributed by atoms with Crippen LogP contribution in [0.4, 0.5) is 4.79 Å². The molecule has 1 saturated heterocycles. The van der Waals surface area contributed by atoms with Crippen LogP contribution >= 0.6 is 11.8 Å². The molecule has 0 aromatic rings. The molecule has 0 spiro atoms. The fourth-order valence-electron chi connectivity index (χ4n) is 1.30. The lowest BCUT2D eigenvalue weighted by molar-refractivity contribution is -0.137. The fourth-order valence-corrected chi connectivity index (χ4v) is 2.44. The molecule has 0 saturated carbocycles. The van der Waals surface area contributed by atoms with E-state index in [0.717, 1.165) is 5.04 Å². The van der Waals surface area contributed by atoms with E-state index in [0.29, 0.717) is 12.3 Å². The number of thioether (sulfide) groups is 1. The Morgan fingerprint density at radius 3 is 2.79 bits per heavy atom. The van der Waals surface area contributed by atoms with Crippen LogP contribution in [0.15, 0.2) is 4.99 Å². The minimum Gasteiger partial charge on any atom is -0.480 e. The molecule has 1 fully saturated rings. The minimum absolute atomic E-state index is 0.0677. The van der Waals surface area contributed by atoms with Crippen LogP contribution in [0, 0.1) is 0 Å². The second kappa shape index (κ2) is 3.16. The maximum atomic E-state index is 10.7. The number of nitrogens with zero attached hydrogens (tertiary/aromatic N) is 2. The van der Waals surface area contributed by atoms with Crippen LogP contribution in [0.3, 0.4) is 0 Å². The molecule has 2 aliphatic heterocycles. The van der Waals surface area contributed by atoms with Crippen molar-refractivity contribution in [3.05, 3.63) is 0 Å². The molecule has 7 heteroatoms. The number of aliphatic carboxylic acids is 1. The van der Waals surface area contributed by atoms with Gasteiger partial charge in [-0.15, -0.1) is 11.8 Å². The number of urea groups is 1. The van der Waals surface area contributed by atoms with Gasteiger partial charge in [0.1, 0.15) is 0 Å². The largest absolute Gasteiger partial charge is 0.480 e. The van der Waals surface area contributed by atoms with Crippen molar-refractivity contribution in [1.82, 2.24) is 4.90 Å². The van der Waals surface area contributed by atoms with Crippen LogP contribution in [0.25, 0.3) is 0 Å². The van der Waals surface area contributed by atoms with E-state index >= 15 is 0 Å². The average molecular weight is 215 g/mol. The van der Waals surface area contributed by atoms with Gasteiger partial charge in [-0.2, -0.15) is 0 Å². The SMILES string of the molecule is NC(=O)N1CC1C1=NC(C(=O)O)CS1. The Kier molecular flexibility index (Phi) is 2.10. The Morgan fingerprint density at radius 2 is 2.36 bits per heavy atom. The predicted octanol–water partition coefficient (Wildman–Crippen LogP) is -0.652. The summed E-state index contributed by atoms with van der Waals surface area (Å²) in [5, 5.41) is 9.40. The van der Waals surface area contributed by atoms with Gasteiger partial charge in [0, 0.05) is 12.3 Å². The highest BCUT2D eigenvalue weighted by Crippen LogP contribution is 2.29. The van der Waals surface area contributed by atoms with Crippen molar-refractivity contribution in [3.63, 3.8) is 0 Å². The van der Waals surface area contributed by atoms with Gasteiger partial charge in [0.25, 0.3) is 0 Å². The van der Waals surface area contributed by atoms with Gasteiger partial charge < -0.3 is 15.7 Å². The smallest absolute Gasteiger partial charge is 0.329 e. The van der Waals surface area contributed by atoms with Crippen LogP contribution in [0.5, 0.6) is 0 Å². The number of carbonyl (C=O) groups is 2. The molecule has 3 N–H and O–H groups in total. The van der Waals surface area contributed by atoms with Gasteiger partial charge in [0.05, 0.1) is 11.1 Å². The standard InChI is InChI=1S/C7H9N3O3S/c8-7(13)10-1-4(10)5-9-3(2-14-5)6(11)12/h3-4H,1-2H2,(H2,8,13)(H,11,12). The molecule has 2 unspecified atom stereocenters. The number of primary amides is 1. The van der Waals surface area contributed by atoms with E-state index in [4.69, 9.17) is 10.8 Å². The molecular formula is C7H9N3O3S. The quantitative estimate of drug-likeness (QED) is 0.598. The van der Waals surface area contributed by atoms with Crippen molar-refractivity contribution >= 4 is 28.8 Å². The first-order valence-corrected chi connectivity index (χ1v) is 5.07. The van der Waals surface area contributed by atoms with E-state index in [1.807, 2.05) is 0 Å². The first kappa shape index (κ1) is 9.32. The van der Waals surface area contributed by atoms with Crippen molar-refractivity contribution in [2.75, 3.05) is 12.3 Å². The third-order valence-electron chi connectivity index (χ3n) is 2.14. The lowest BCUT2D eigenvalue weighted by atomic mass is 10.3. The number of aliphatic imine (C=N–C) groups is 1. The van der Waals surface area contributed by atoms with E-state index in [1.54, 1.807) is 0 Å². The predicted molar refractivity (Wildman–Crippen MR) is 51.4 cm³/mol. The van der Waals surface area contributed by atoms with Crippen molar-refractivity contribution < 1.29 is 14.7 Å². The lowest BCUT2D eigenvalue weighted by Gasteiger charge is -1.97. The van der Waals surface area contributed by atoms with Crippen LogP contribution in [-0.4, -0.2) is 51.4 Å². The second-order valence-corrected chi connectivity index (χ2v) is 4.18. The number of carboxylic acids is 1. The Morgan fingerprint density at radius 1 is 1.64 bits per heavy atom. The zero-order valence-electron chi connectivity index (χ0n) is 7.21. The third-order valence-corrected chi connectivity index (χ3v) is 3.29. The zero-order valence-corrected chi connectivity index (χ0v) is 8.03. The molecule has 2 heterocycles. The fraction of sp³-hybridized carbons (Fsp3) is 0.571. The van der Waals surface area contributed by atoms with Crippen molar-refractivity contribution in [2.24, 2.45) is 10.7 Å². The maximum Gasteiger partial charge on any atom is 0.329 e. The molecule has 2 amide bonds. The van der Waals surface area contributed by atoms with E-state index in [2.05, 4.69) is 4.99 Å². The highest BCUT2D eigenvalue weighted by Gasteiger charge is 2.44. The van der Waals surface area contributed by atoms with Gasteiger partial charge in [-0.25, -0.2) is 9.59 Å². The highest BCUT2D eigenvalue weighted by atomic mass is 32.2. The number of hydrogen-bond acceptors (Lipinski definition) is 4. The summed E-state index contributed by atoms with van der Waals surface area (Å²) < 4.78 is 0. The van der Waals surface area contributed by atoms with Crippen LogP contribution in [0.1, 0.15) is 0 Å². The molecule has 76 valence electrons. The van der Waals surface area contributed by atoms with E-state index < -0.39 is 18.0 Å². The van der Waals surface area contributed by atoms with Crippen LogP contribution < -0.4 is 5.73 Å². The van der Waals surface area contributed by atoms with E-state index in [1.165, 1.54) is 16.7 Å². The van der Waals surface area contributed by atoms with Gasteiger partial charge in [-0.05, 0) is 0 Å². The van der Waals surface area contributed by atoms with Crippen LogP contribution in [-0.2, 0) is 4.79 Å². The Hall–Kier alpha value is -1.24. The summed E-state index contributed by atoms with van der Waals surface area (Å²) in [6, 6.07) is -1.20. The molecule has 14 heavy (non-hydrogen) atoms. The zero-order chi connectivity index (χ0) is 10.3. The first-order chi connectivity index (χ1) is 6.59. The third kappa shape index (κ3) is 1.54.